The topological polar surface area (TPSA) is 80.9 Å². The van der Waals surface area contributed by atoms with Crippen molar-refractivity contribution < 1.29 is 18.8 Å². The highest BCUT2D eigenvalue weighted by Crippen LogP contribution is 2.32. The van der Waals surface area contributed by atoms with Crippen molar-refractivity contribution >= 4 is 32.6 Å². The maximum absolute atomic E-state index is 13.6. The summed E-state index contributed by atoms with van der Waals surface area (Å²) in [6, 6.07) is 17.1. The first-order valence-corrected chi connectivity index (χ1v) is 12.1. The number of ether oxygens (including phenoxy) is 2. The Morgan fingerprint density at radius 1 is 1.15 bits per heavy atom. The van der Waals surface area contributed by atoms with Crippen LogP contribution in [0.15, 0.2) is 59.1 Å². The van der Waals surface area contributed by atoms with E-state index in [1.807, 2.05) is 48.5 Å². The number of carbonyl (C=O) groups excluding carboxylic acids is 1. The van der Waals surface area contributed by atoms with Crippen molar-refractivity contribution in [1.29, 1.82) is 0 Å². The molecule has 0 bridgehead atoms. The van der Waals surface area contributed by atoms with Gasteiger partial charge in [-0.1, -0.05) is 46.8 Å². The number of carbonyl (C=O) groups is 1. The summed E-state index contributed by atoms with van der Waals surface area (Å²) in [5.41, 5.74) is 1.94. The first-order chi connectivity index (χ1) is 16.7. The van der Waals surface area contributed by atoms with Crippen LogP contribution in [0.1, 0.15) is 16.9 Å². The van der Waals surface area contributed by atoms with Crippen LogP contribution in [-0.4, -0.2) is 67.5 Å². The molecule has 2 aromatic carbocycles. The monoisotopic (exact) mass is 478 g/mol. The van der Waals surface area contributed by atoms with E-state index in [0.29, 0.717) is 17.4 Å². The van der Waals surface area contributed by atoms with Gasteiger partial charge in [-0.05, 0) is 18.6 Å². The molecule has 1 aliphatic heterocycles. The zero-order valence-electron chi connectivity index (χ0n) is 19.0. The molecule has 2 aromatic heterocycles. The van der Waals surface area contributed by atoms with Gasteiger partial charge in [0.05, 0.1) is 30.5 Å². The number of benzene rings is 2. The van der Waals surface area contributed by atoms with Gasteiger partial charge in [0.1, 0.15) is 5.75 Å². The molecule has 1 aliphatic rings. The molecule has 4 aromatic rings. The molecule has 0 atom stereocenters. The fourth-order valence-corrected chi connectivity index (χ4v) is 4.92. The van der Waals surface area contributed by atoms with E-state index >= 15 is 0 Å². The number of nitrogens with zero attached hydrogens (tertiary/aromatic N) is 4. The van der Waals surface area contributed by atoms with Crippen molar-refractivity contribution in [3.63, 3.8) is 0 Å². The minimum Gasteiger partial charge on any atom is -0.497 e. The van der Waals surface area contributed by atoms with Crippen LogP contribution in [0.5, 0.6) is 5.75 Å². The Morgan fingerprint density at radius 2 is 1.97 bits per heavy atom. The van der Waals surface area contributed by atoms with E-state index < -0.39 is 0 Å². The van der Waals surface area contributed by atoms with Crippen molar-refractivity contribution in [2.45, 2.75) is 6.42 Å². The predicted octanol–water partition coefficient (Wildman–Crippen LogP) is 4.33. The predicted molar refractivity (Wildman–Crippen MR) is 132 cm³/mol. The normalized spacial score (nSPS) is 14.4. The van der Waals surface area contributed by atoms with Crippen LogP contribution < -0.4 is 9.64 Å². The number of rotatable bonds is 8. The SMILES string of the molecule is COc1ccc2sc(N(CCCN3CCOCC3)C(=O)c3cc(-c4ccccc4)on3)nc2c1. The first-order valence-electron chi connectivity index (χ1n) is 11.3. The number of hydrogen-bond donors (Lipinski definition) is 0. The maximum atomic E-state index is 13.6. The highest BCUT2D eigenvalue weighted by atomic mass is 32.1. The average Bonchev–Trinajstić information content (AvgIpc) is 3.54. The molecule has 0 saturated carbocycles. The summed E-state index contributed by atoms with van der Waals surface area (Å²) in [7, 11) is 1.63. The van der Waals surface area contributed by atoms with Gasteiger partial charge in [-0.25, -0.2) is 4.98 Å². The zero-order valence-corrected chi connectivity index (χ0v) is 19.8. The molecule has 34 heavy (non-hydrogen) atoms. The number of methoxy groups -OCH3 is 1. The molecule has 1 saturated heterocycles. The van der Waals surface area contributed by atoms with Crippen LogP contribution >= 0.6 is 11.3 Å². The Bertz CT molecular complexity index is 1250. The molecule has 176 valence electrons. The number of thiazole rings is 1. The second kappa shape index (κ2) is 10.3. The van der Waals surface area contributed by atoms with Crippen molar-refractivity contribution in [3.05, 3.63) is 60.3 Å². The van der Waals surface area contributed by atoms with Gasteiger partial charge in [0.2, 0.25) is 0 Å². The second-order valence-electron chi connectivity index (χ2n) is 8.04. The Morgan fingerprint density at radius 3 is 2.76 bits per heavy atom. The van der Waals surface area contributed by atoms with E-state index in [-0.39, 0.29) is 11.6 Å². The van der Waals surface area contributed by atoms with E-state index in [2.05, 4.69) is 10.1 Å². The summed E-state index contributed by atoms with van der Waals surface area (Å²) in [6.07, 6.45) is 0.814. The van der Waals surface area contributed by atoms with E-state index in [4.69, 9.17) is 19.0 Å². The number of amides is 1. The molecule has 0 aliphatic carbocycles. The minimum atomic E-state index is -0.223. The van der Waals surface area contributed by atoms with Gasteiger partial charge < -0.3 is 14.0 Å². The molecule has 0 unspecified atom stereocenters. The molecule has 0 spiro atoms. The van der Waals surface area contributed by atoms with Crippen molar-refractivity contribution in [1.82, 2.24) is 15.0 Å². The van der Waals surface area contributed by atoms with Gasteiger partial charge in [-0.3, -0.25) is 14.6 Å². The van der Waals surface area contributed by atoms with Gasteiger partial charge in [-0.15, -0.1) is 0 Å². The van der Waals surface area contributed by atoms with Gasteiger partial charge in [0.25, 0.3) is 5.91 Å². The third-order valence-corrected chi connectivity index (χ3v) is 6.87. The second-order valence-corrected chi connectivity index (χ2v) is 9.05. The van der Waals surface area contributed by atoms with Crippen LogP contribution in [0, 0.1) is 0 Å². The van der Waals surface area contributed by atoms with E-state index in [0.717, 1.165) is 60.8 Å². The highest BCUT2D eigenvalue weighted by molar-refractivity contribution is 7.22. The van der Waals surface area contributed by atoms with Crippen LogP contribution in [-0.2, 0) is 4.74 Å². The number of hydrogen-bond acceptors (Lipinski definition) is 8. The third-order valence-electron chi connectivity index (χ3n) is 5.81. The fraction of sp³-hybridized carbons (Fsp3) is 0.320. The Balaban J connectivity index is 1.40. The molecule has 0 N–H and O–H groups in total. The lowest BCUT2D eigenvalue weighted by Crippen LogP contribution is -2.39. The molecular formula is C25H26N4O4S. The summed E-state index contributed by atoms with van der Waals surface area (Å²) in [6.45, 7) is 4.75. The molecule has 1 amide bonds. The standard InChI is InChI=1S/C25H26N4O4S/c1-31-19-8-9-23-20(16-19)26-25(34-23)29(11-5-10-28-12-14-32-15-13-28)24(30)21-17-22(33-27-21)18-6-3-2-4-7-18/h2-4,6-9,16-17H,5,10-15H2,1H3. The highest BCUT2D eigenvalue weighted by Gasteiger charge is 2.25. The Kier molecular flexibility index (Phi) is 6.84. The smallest absolute Gasteiger partial charge is 0.282 e. The number of morpholine rings is 1. The lowest BCUT2D eigenvalue weighted by Gasteiger charge is -2.27. The maximum Gasteiger partial charge on any atom is 0.282 e. The summed E-state index contributed by atoms with van der Waals surface area (Å²) in [5, 5.41) is 4.72. The van der Waals surface area contributed by atoms with Crippen LogP contribution in [0.3, 0.4) is 0 Å². The fourth-order valence-electron chi connectivity index (χ4n) is 3.95. The van der Waals surface area contributed by atoms with E-state index in [9.17, 15) is 4.79 Å². The Labute approximate surface area is 201 Å². The summed E-state index contributed by atoms with van der Waals surface area (Å²) in [4.78, 5) is 22.4. The lowest BCUT2D eigenvalue weighted by atomic mass is 10.1. The minimum absolute atomic E-state index is 0.223. The van der Waals surface area contributed by atoms with Gasteiger partial charge in [-0.2, -0.15) is 0 Å². The molecule has 8 nitrogen and oxygen atoms in total. The average molecular weight is 479 g/mol. The van der Waals surface area contributed by atoms with Crippen molar-refractivity contribution in [3.8, 4) is 17.1 Å². The number of anilines is 1. The van der Waals surface area contributed by atoms with Gasteiger partial charge in [0.15, 0.2) is 16.6 Å². The summed E-state index contributed by atoms with van der Waals surface area (Å²) >= 11 is 1.48. The molecular weight excluding hydrogens is 452 g/mol. The quantitative estimate of drug-likeness (QED) is 0.373. The number of fused-ring (bicyclic) bond motifs is 1. The van der Waals surface area contributed by atoms with Crippen molar-refractivity contribution in [2.75, 3.05) is 51.4 Å². The lowest BCUT2D eigenvalue weighted by molar-refractivity contribution is 0.0376. The van der Waals surface area contributed by atoms with Crippen LogP contribution in [0.25, 0.3) is 21.5 Å². The Hall–Kier alpha value is -3.27. The zero-order chi connectivity index (χ0) is 23.3. The molecule has 5 rings (SSSR count). The molecule has 9 heteroatoms. The van der Waals surface area contributed by atoms with Crippen LogP contribution in [0.2, 0.25) is 0 Å². The van der Waals surface area contributed by atoms with E-state index in [1.54, 1.807) is 18.1 Å². The van der Waals surface area contributed by atoms with E-state index in [1.165, 1.54) is 11.3 Å². The summed E-state index contributed by atoms with van der Waals surface area (Å²) in [5.74, 6) is 1.07. The van der Waals surface area contributed by atoms with Gasteiger partial charge >= 0.3 is 0 Å². The van der Waals surface area contributed by atoms with Gasteiger partial charge in [0, 0.05) is 43.9 Å². The molecule has 1 fully saturated rings. The molecule has 0 radical (unpaired) electrons. The number of aromatic nitrogens is 2. The third kappa shape index (κ3) is 4.96. The van der Waals surface area contributed by atoms with Crippen molar-refractivity contribution in [2.24, 2.45) is 0 Å². The molecule has 3 heterocycles. The largest absolute Gasteiger partial charge is 0.497 e. The summed E-state index contributed by atoms with van der Waals surface area (Å²) < 4.78 is 17.3. The van der Waals surface area contributed by atoms with Crippen LogP contribution in [0.4, 0.5) is 5.13 Å². The first kappa shape index (κ1) is 22.5.